The third kappa shape index (κ3) is 3.06. The quantitative estimate of drug-likeness (QED) is 0.630. The lowest BCUT2D eigenvalue weighted by molar-refractivity contribution is -0.143. The maximum atomic E-state index is 10.7. The smallest absolute Gasteiger partial charge is 0.343 e. The summed E-state index contributed by atoms with van der Waals surface area (Å²) in [5, 5.41) is 0. The minimum absolute atomic E-state index is 0.132. The van der Waals surface area contributed by atoms with E-state index in [9.17, 15) is 4.79 Å². The Bertz CT molecular complexity index is 301. The molecule has 0 N–H and O–H groups in total. The fourth-order valence-corrected chi connectivity index (χ4v) is 0.701. The van der Waals surface area contributed by atoms with Gasteiger partial charge in [0.15, 0.2) is 6.61 Å². The number of esters is 1. The van der Waals surface area contributed by atoms with Gasteiger partial charge in [0.05, 0.1) is 7.11 Å². The zero-order valence-corrected chi connectivity index (χ0v) is 7.48. The van der Waals surface area contributed by atoms with E-state index in [1.54, 1.807) is 6.07 Å². The fraction of sp³-hybridized carbons (Fsp3) is 0.375. The van der Waals surface area contributed by atoms with E-state index in [0.29, 0.717) is 5.88 Å². The molecular formula is C8H10N2O3. The Morgan fingerprint density at radius 3 is 2.92 bits per heavy atom. The van der Waals surface area contributed by atoms with Crippen LogP contribution in [0, 0.1) is 6.92 Å². The van der Waals surface area contributed by atoms with Crippen molar-refractivity contribution in [1.82, 2.24) is 9.97 Å². The molecule has 0 aliphatic carbocycles. The van der Waals surface area contributed by atoms with E-state index < -0.39 is 5.97 Å². The van der Waals surface area contributed by atoms with Crippen molar-refractivity contribution in [1.29, 1.82) is 0 Å². The molecule has 1 rings (SSSR count). The van der Waals surface area contributed by atoms with E-state index in [1.165, 1.54) is 13.4 Å². The number of aryl methyl sites for hydroxylation is 1. The molecule has 0 spiro atoms. The largest absolute Gasteiger partial charge is 0.466 e. The Hall–Kier alpha value is -1.65. The molecule has 1 heterocycles. The van der Waals surface area contributed by atoms with Crippen LogP contribution in [0.1, 0.15) is 5.69 Å². The molecule has 0 fully saturated rings. The zero-order valence-electron chi connectivity index (χ0n) is 7.48. The lowest BCUT2D eigenvalue weighted by Crippen LogP contribution is -2.13. The molecule has 0 saturated carbocycles. The number of rotatable bonds is 3. The van der Waals surface area contributed by atoms with Gasteiger partial charge in [-0.05, 0) is 6.92 Å². The first-order valence-electron chi connectivity index (χ1n) is 3.70. The molecule has 0 saturated heterocycles. The molecule has 0 atom stereocenters. The summed E-state index contributed by atoms with van der Waals surface area (Å²) in [5.74, 6) is -0.0610. The molecule has 0 radical (unpaired) electrons. The van der Waals surface area contributed by atoms with E-state index in [4.69, 9.17) is 4.74 Å². The van der Waals surface area contributed by atoms with Crippen LogP contribution in [0.4, 0.5) is 0 Å². The third-order valence-electron chi connectivity index (χ3n) is 1.34. The van der Waals surface area contributed by atoms with Crippen molar-refractivity contribution in [3.05, 3.63) is 18.1 Å². The maximum Gasteiger partial charge on any atom is 0.343 e. The van der Waals surface area contributed by atoms with Gasteiger partial charge in [0, 0.05) is 11.8 Å². The minimum atomic E-state index is -0.434. The number of aromatic nitrogens is 2. The lowest BCUT2D eigenvalue weighted by atomic mass is 10.4. The monoisotopic (exact) mass is 182 g/mol. The summed E-state index contributed by atoms with van der Waals surface area (Å²) in [6.07, 6.45) is 1.38. The molecule has 5 heteroatoms. The summed E-state index contributed by atoms with van der Waals surface area (Å²) in [4.78, 5) is 18.4. The van der Waals surface area contributed by atoms with Gasteiger partial charge >= 0.3 is 5.97 Å². The van der Waals surface area contributed by atoms with Crippen molar-refractivity contribution in [2.45, 2.75) is 6.92 Å². The summed E-state index contributed by atoms with van der Waals surface area (Å²) in [5.41, 5.74) is 0.787. The molecule has 0 unspecified atom stereocenters. The Labute approximate surface area is 75.7 Å². The number of hydrogen-bond acceptors (Lipinski definition) is 5. The Morgan fingerprint density at radius 2 is 2.31 bits per heavy atom. The summed E-state index contributed by atoms with van der Waals surface area (Å²) >= 11 is 0. The third-order valence-corrected chi connectivity index (χ3v) is 1.34. The molecule has 13 heavy (non-hydrogen) atoms. The van der Waals surface area contributed by atoms with Crippen molar-refractivity contribution in [2.75, 3.05) is 13.7 Å². The van der Waals surface area contributed by atoms with Crippen LogP contribution in [-0.4, -0.2) is 29.7 Å². The topological polar surface area (TPSA) is 61.3 Å². The average Bonchev–Trinajstić information content (AvgIpc) is 2.14. The van der Waals surface area contributed by atoms with Gasteiger partial charge in [-0.25, -0.2) is 14.8 Å². The Kier molecular flexibility index (Phi) is 3.19. The van der Waals surface area contributed by atoms with Crippen LogP contribution in [0.25, 0.3) is 0 Å². The second-order valence-corrected chi connectivity index (χ2v) is 2.36. The summed E-state index contributed by atoms with van der Waals surface area (Å²) in [6.45, 7) is 1.68. The van der Waals surface area contributed by atoms with Crippen LogP contribution in [0.5, 0.6) is 5.88 Å². The highest BCUT2D eigenvalue weighted by molar-refractivity contribution is 5.70. The number of nitrogens with zero attached hydrogens (tertiary/aromatic N) is 2. The first kappa shape index (κ1) is 9.44. The van der Waals surface area contributed by atoms with Crippen LogP contribution in [-0.2, 0) is 9.53 Å². The van der Waals surface area contributed by atoms with Crippen molar-refractivity contribution < 1.29 is 14.3 Å². The number of carbonyl (C=O) groups excluding carboxylic acids is 1. The summed E-state index contributed by atoms with van der Waals surface area (Å²) in [7, 11) is 1.30. The maximum absolute atomic E-state index is 10.7. The van der Waals surface area contributed by atoms with E-state index in [2.05, 4.69) is 14.7 Å². The zero-order chi connectivity index (χ0) is 9.68. The van der Waals surface area contributed by atoms with Gasteiger partial charge in [-0.2, -0.15) is 0 Å². The van der Waals surface area contributed by atoms with Crippen molar-refractivity contribution in [2.24, 2.45) is 0 Å². The minimum Gasteiger partial charge on any atom is -0.466 e. The van der Waals surface area contributed by atoms with Crippen molar-refractivity contribution >= 4 is 5.97 Å². The number of ether oxygens (including phenoxy) is 2. The predicted molar refractivity (Wildman–Crippen MR) is 44.3 cm³/mol. The van der Waals surface area contributed by atoms with Gasteiger partial charge in [0.25, 0.3) is 0 Å². The highest BCUT2D eigenvalue weighted by atomic mass is 16.6. The van der Waals surface area contributed by atoms with E-state index in [-0.39, 0.29) is 6.61 Å². The number of methoxy groups -OCH3 is 1. The Balaban J connectivity index is 2.50. The second kappa shape index (κ2) is 4.39. The molecular weight excluding hydrogens is 172 g/mol. The van der Waals surface area contributed by atoms with E-state index >= 15 is 0 Å². The molecule has 0 aliphatic rings. The van der Waals surface area contributed by atoms with Crippen LogP contribution in [0.2, 0.25) is 0 Å². The molecule has 0 amide bonds. The van der Waals surface area contributed by atoms with Gasteiger partial charge < -0.3 is 9.47 Å². The van der Waals surface area contributed by atoms with Gasteiger partial charge in [0.1, 0.15) is 6.33 Å². The fourth-order valence-electron chi connectivity index (χ4n) is 0.701. The predicted octanol–water partition coefficient (Wildman–Crippen LogP) is 0.337. The van der Waals surface area contributed by atoms with Crippen LogP contribution < -0.4 is 4.74 Å². The standard InChI is InChI=1S/C8H10N2O3/c1-6-3-7(10-5-9-6)13-4-8(11)12-2/h3,5H,4H2,1-2H3. The average molecular weight is 182 g/mol. The van der Waals surface area contributed by atoms with Crippen molar-refractivity contribution in [3.8, 4) is 5.88 Å². The van der Waals surface area contributed by atoms with E-state index in [0.717, 1.165) is 5.69 Å². The molecule has 5 nitrogen and oxygen atoms in total. The molecule has 70 valence electrons. The Morgan fingerprint density at radius 1 is 1.54 bits per heavy atom. The molecule has 0 aliphatic heterocycles. The molecule has 1 aromatic heterocycles. The van der Waals surface area contributed by atoms with Gasteiger partial charge in [-0.1, -0.05) is 0 Å². The lowest BCUT2D eigenvalue weighted by Gasteiger charge is -2.02. The van der Waals surface area contributed by atoms with Gasteiger partial charge in [0.2, 0.25) is 5.88 Å². The number of carbonyl (C=O) groups is 1. The normalized spacial score (nSPS) is 9.38. The van der Waals surface area contributed by atoms with Crippen LogP contribution in [0.15, 0.2) is 12.4 Å². The SMILES string of the molecule is COC(=O)COc1cc(C)ncn1. The van der Waals surface area contributed by atoms with Gasteiger partial charge in [-0.3, -0.25) is 0 Å². The first-order chi connectivity index (χ1) is 6.22. The molecule has 1 aromatic rings. The highest BCUT2D eigenvalue weighted by Crippen LogP contribution is 2.04. The van der Waals surface area contributed by atoms with Crippen LogP contribution in [0.3, 0.4) is 0 Å². The summed E-state index contributed by atoms with van der Waals surface area (Å²) < 4.78 is 9.41. The summed E-state index contributed by atoms with van der Waals surface area (Å²) in [6, 6.07) is 1.64. The van der Waals surface area contributed by atoms with Crippen LogP contribution >= 0.6 is 0 Å². The van der Waals surface area contributed by atoms with Gasteiger partial charge in [-0.15, -0.1) is 0 Å². The highest BCUT2D eigenvalue weighted by Gasteiger charge is 2.02. The second-order valence-electron chi connectivity index (χ2n) is 2.36. The molecule has 0 aromatic carbocycles. The van der Waals surface area contributed by atoms with Crippen molar-refractivity contribution in [3.63, 3.8) is 0 Å². The number of hydrogen-bond donors (Lipinski definition) is 0. The first-order valence-corrected chi connectivity index (χ1v) is 3.70. The molecule has 0 bridgehead atoms. The van der Waals surface area contributed by atoms with E-state index in [1.807, 2.05) is 6.92 Å².